The second-order valence-corrected chi connectivity index (χ2v) is 5.85. The van der Waals surface area contributed by atoms with Crippen LogP contribution in [0, 0.1) is 11.7 Å². The molecule has 0 aliphatic rings. The third kappa shape index (κ3) is 6.67. The summed E-state index contributed by atoms with van der Waals surface area (Å²) in [5, 5.41) is 8.77. The molecule has 1 aromatic rings. The maximum absolute atomic E-state index is 13.6. The molecule has 0 radical (unpaired) electrons. The normalized spacial score (nSPS) is 10.7. The number of ether oxygens (including phenoxy) is 1. The highest BCUT2D eigenvalue weighted by atomic mass is 19.1. The minimum atomic E-state index is -0.927. The Kier molecular flexibility index (Phi) is 7.51. The number of carbonyl (C=O) groups excluding carboxylic acids is 1. The molecule has 1 amide bonds. The summed E-state index contributed by atoms with van der Waals surface area (Å²) in [6, 6.07) is 4.61. The summed E-state index contributed by atoms with van der Waals surface area (Å²) >= 11 is 0. The average molecular weight is 325 g/mol. The van der Waals surface area contributed by atoms with Crippen molar-refractivity contribution < 1.29 is 23.8 Å². The number of aliphatic carboxylic acids is 1. The molecule has 0 aliphatic heterocycles. The van der Waals surface area contributed by atoms with Gasteiger partial charge in [0, 0.05) is 19.5 Å². The van der Waals surface area contributed by atoms with Gasteiger partial charge >= 0.3 is 5.97 Å². The first-order valence-corrected chi connectivity index (χ1v) is 7.65. The van der Waals surface area contributed by atoms with E-state index in [9.17, 15) is 14.0 Å². The number of carbonyl (C=O) groups is 2. The lowest BCUT2D eigenvalue weighted by Gasteiger charge is -2.24. The third-order valence-electron chi connectivity index (χ3n) is 3.38. The first-order chi connectivity index (χ1) is 10.8. The minimum Gasteiger partial charge on any atom is -0.494 e. The van der Waals surface area contributed by atoms with Crippen molar-refractivity contribution >= 4 is 11.9 Å². The van der Waals surface area contributed by atoms with Crippen LogP contribution in [0.4, 0.5) is 4.39 Å². The Morgan fingerprint density at radius 3 is 2.52 bits per heavy atom. The fourth-order valence-electron chi connectivity index (χ4n) is 2.26. The van der Waals surface area contributed by atoms with Gasteiger partial charge in [-0.25, -0.2) is 4.39 Å². The number of rotatable bonds is 9. The number of carboxylic acid groups (broad SMARTS) is 1. The Balaban J connectivity index is 2.63. The van der Waals surface area contributed by atoms with Crippen molar-refractivity contribution in [3.63, 3.8) is 0 Å². The summed E-state index contributed by atoms with van der Waals surface area (Å²) in [6.45, 7) is 4.66. The van der Waals surface area contributed by atoms with Gasteiger partial charge in [-0.15, -0.1) is 0 Å². The van der Waals surface area contributed by atoms with E-state index in [-0.39, 0.29) is 37.0 Å². The number of aryl methyl sites for hydroxylation is 1. The zero-order valence-corrected chi connectivity index (χ0v) is 13.8. The number of hydrogen-bond acceptors (Lipinski definition) is 3. The Morgan fingerprint density at radius 2 is 2.00 bits per heavy atom. The lowest BCUT2D eigenvalue weighted by Crippen LogP contribution is -2.36. The summed E-state index contributed by atoms with van der Waals surface area (Å²) in [5.41, 5.74) is 0.708. The molecule has 128 valence electrons. The molecule has 0 unspecified atom stereocenters. The Morgan fingerprint density at radius 1 is 1.30 bits per heavy atom. The first kappa shape index (κ1) is 18.9. The molecule has 0 saturated carbocycles. The Labute approximate surface area is 136 Å². The number of hydrogen-bond donors (Lipinski definition) is 1. The van der Waals surface area contributed by atoms with Crippen molar-refractivity contribution in [1.29, 1.82) is 0 Å². The van der Waals surface area contributed by atoms with Crippen LogP contribution in [0.3, 0.4) is 0 Å². The van der Waals surface area contributed by atoms with E-state index < -0.39 is 11.8 Å². The van der Waals surface area contributed by atoms with Crippen LogP contribution in [0.15, 0.2) is 18.2 Å². The molecule has 5 nitrogen and oxygen atoms in total. The van der Waals surface area contributed by atoms with Crippen molar-refractivity contribution in [2.24, 2.45) is 5.92 Å². The molecule has 1 rings (SSSR count). The average Bonchev–Trinajstić information content (AvgIpc) is 2.48. The number of amides is 1. The van der Waals surface area contributed by atoms with Crippen LogP contribution in [-0.2, 0) is 16.0 Å². The van der Waals surface area contributed by atoms with E-state index in [4.69, 9.17) is 9.84 Å². The zero-order valence-electron chi connectivity index (χ0n) is 13.8. The number of carboxylic acids is 1. The van der Waals surface area contributed by atoms with Gasteiger partial charge < -0.3 is 14.7 Å². The number of halogens is 1. The van der Waals surface area contributed by atoms with Crippen LogP contribution in [0.25, 0.3) is 0 Å². The summed E-state index contributed by atoms with van der Waals surface area (Å²) in [5.74, 6) is -1.07. The van der Waals surface area contributed by atoms with Gasteiger partial charge in [0.15, 0.2) is 11.6 Å². The number of methoxy groups -OCH3 is 1. The van der Waals surface area contributed by atoms with Crippen molar-refractivity contribution in [2.75, 3.05) is 20.2 Å². The van der Waals surface area contributed by atoms with Gasteiger partial charge in [0.05, 0.1) is 13.5 Å². The highest BCUT2D eigenvalue weighted by molar-refractivity contribution is 5.77. The maximum atomic E-state index is 13.6. The van der Waals surface area contributed by atoms with Crippen molar-refractivity contribution in [3.8, 4) is 5.75 Å². The minimum absolute atomic E-state index is 0.0738. The standard InChI is InChI=1S/C17H24FNO4/c1-12(2)11-19(9-8-17(21)22)16(20)7-5-13-4-6-15(23-3)14(18)10-13/h4,6,10,12H,5,7-9,11H2,1-3H3,(H,21,22). The lowest BCUT2D eigenvalue weighted by molar-refractivity contribution is -0.138. The topological polar surface area (TPSA) is 66.8 Å². The molecule has 0 fully saturated rings. The predicted octanol–water partition coefficient (Wildman–Crippen LogP) is 2.73. The number of benzene rings is 1. The van der Waals surface area contributed by atoms with E-state index in [0.29, 0.717) is 18.5 Å². The van der Waals surface area contributed by atoms with Crippen LogP contribution < -0.4 is 4.74 Å². The van der Waals surface area contributed by atoms with E-state index in [2.05, 4.69) is 0 Å². The zero-order chi connectivity index (χ0) is 17.4. The smallest absolute Gasteiger partial charge is 0.305 e. The van der Waals surface area contributed by atoms with Gasteiger partial charge in [0.25, 0.3) is 0 Å². The molecule has 23 heavy (non-hydrogen) atoms. The highest BCUT2D eigenvalue weighted by Crippen LogP contribution is 2.18. The van der Waals surface area contributed by atoms with Crippen LogP contribution in [0.5, 0.6) is 5.75 Å². The van der Waals surface area contributed by atoms with Crippen LogP contribution in [-0.4, -0.2) is 42.1 Å². The van der Waals surface area contributed by atoms with Gasteiger partial charge in [-0.05, 0) is 30.0 Å². The second-order valence-electron chi connectivity index (χ2n) is 5.85. The van der Waals surface area contributed by atoms with Gasteiger partial charge in [-0.3, -0.25) is 9.59 Å². The monoisotopic (exact) mass is 325 g/mol. The van der Waals surface area contributed by atoms with E-state index in [1.54, 1.807) is 11.0 Å². The molecular weight excluding hydrogens is 301 g/mol. The summed E-state index contributed by atoms with van der Waals surface area (Å²) in [4.78, 5) is 24.6. The van der Waals surface area contributed by atoms with Gasteiger partial charge in [0.1, 0.15) is 0 Å². The Hall–Kier alpha value is -2.11. The molecule has 0 aliphatic carbocycles. The van der Waals surface area contributed by atoms with E-state index in [1.807, 2.05) is 13.8 Å². The molecule has 0 bridgehead atoms. The van der Waals surface area contributed by atoms with E-state index >= 15 is 0 Å². The van der Waals surface area contributed by atoms with Crippen molar-refractivity contribution in [3.05, 3.63) is 29.6 Å². The fraction of sp³-hybridized carbons (Fsp3) is 0.529. The molecule has 0 heterocycles. The molecule has 1 aromatic carbocycles. The highest BCUT2D eigenvalue weighted by Gasteiger charge is 2.16. The summed E-state index contributed by atoms with van der Waals surface area (Å²) < 4.78 is 18.5. The summed E-state index contributed by atoms with van der Waals surface area (Å²) in [6.07, 6.45) is 0.551. The second kappa shape index (κ2) is 9.12. The van der Waals surface area contributed by atoms with Crippen LogP contribution in [0.2, 0.25) is 0 Å². The predicted molar refractivity (Wildman–Crippen MR) is 84.9 cm³/mol. The molecule has 1 N–H and O–H groups in total. The van der Waals surface area contributed by atoms with Crippen molar-refractivity contribution in [1.82, 2.24) is 4.90 Å². The first-order valence-electron chi connectivity index (χ1n) is 7.65. The quantitative estimate of drug-likeness (QED) is 0.758. The Bertz CT molecular complexity index is 545. The van der Waals surface area contributed by atoms with E-state index in [0.717, 1.165) is 0 Å². The molecule has 0 saturated heterocycles. The van der Waals surface area contributed by atoms with Crippen LogP contribution in [0.1, 0.15) is 32.3 Å². The molecule has 0 atom stereocenters. The van der Waals surface area contributed by atoms with Gasteiger partial charge in [-0.2, -0.15) is 0 Å². The molecule has 0 spiro atoms. The van der Waals surface area contributed by atoms with Gasteiger partial charge in [0.2, 0.25) is 5.91 Å². The van der Waals surface area contributed by atoms with E-state index in [1.165, 1.54) is 19.2 Å². The molecule has 0 aromatic heterocycles. The third-order valence-corrected chi connectivity index (χ3v) is 3.38. The SMILES string of the molecule is COc1ccc(CCC(=O)N(CCC(=O)O)CC(C)C)cc1F. The molecular formula is C17H24FNO4. The molecule has 6 heteroatoms. The van der Waals surface area contributed by atoms with Crippen LogP contribution >= 0.6 is 0 Å². The van der Waals surface area contributed by atoms with Crippen molar-refractivity contribution in [2.45, 2.75) is 33.1 Å². The lowest BCUT2D eigenvalue weighted by atomic mass is 10.1. The maximum Gasteiger partial charge on any atom is 0.305 e. The van der Waals surface area contributed by atoms with Gasteiger partial charge in [-0.1, -0.05) is 19.9 Å². The fourth-order valence-corrected chi connectivity index (χ4v) is 2.26. The number of nitrogens with zero attached hydrogens (tertiary/aromatic N) is 1. The largest absolute Gasteiger partial charge is 0.494 e. The summed E-state index contributed by atoms with van der Waals surface area (Å²) in [7, 11) is 1.40.